The van der Waals surface area contributed by atoms with Gasteiger partial charge in [0, 0.05) is 10.6 Å². The molecule has 0 atom stereocenters. The average Bonchev–Trinajstić information content (AvgIpc) is 2.03. The fraction of sp³-hybridized carbons (Fsp3) is 0.222. The van der Waals surface area contributed by atoms with Gasteiger partial charge >= 0.3 is 0 Å². The van der Waals surface area contributed by atoms with E-state index in [1.165, 1.54) is 7.11 Å². The van der Waals surface area contributed by atoms with Crippen molar-refractivity contribution in [3.8, 4) is 5.75 Å². The zero-order chi connectivity index (χ0) is 9.84. The van der Waals surface area contributed by atoms with Crippen molar-refractivity contribution in [1.29, 1.82) is 0 Å². The summed E-state index contributed by atoms with van der Waals surface area (Å²) in [6.07, 6.45) is 0.130. The molecule has 0 aromatic heterocycles. The normalized spacial score (nSPS) is 9.77. The van der Waals surface area contributed by atoms with Crippen LogP contribution in [0.2, 0.25) is 5.02 Å². The van der Waals surface area contributed by atoms with E-state index in [0.29, 0.717) is 16.3 Å². The number of ether oxygens (including phenoxy) is 1. The SMILES string of the molecule is COc1ccc(Cl)cc1CC(=O)Cl. The standard InChI is InChI=1S/C9H8Cl2O2/c1-13-8-3-2-7(10)4-6(8)5-9(11)12/h2-4H,5H2,1H3. The first-order valence-electron chi connectivity index (χ1n) is 3.64. The van der Waals surface area contributed by atoms with Crippen molar-refractivity contribution >= 4 is 28.4 Å². The summed E-state index contributed by atoms with van der Waals surface area (Å²) in [4.78, 5) is 10.7. The van der Waals surface area contributed by atoms with Crippen molar-refractivity contribution in [2.24, 2.45) is 0 Å². The summed E-state index contributed by atoms with van der Waals surface area (Å²) in [5.74, 6) is 0.624. The molecule has 70 valence electrons. The van der Waals surface area contributed by atoms with Crippen LogP contribution in [0, 0.1) is 0 Å². The Morgan fingerprint density at radius 3 is 2.77 bits per heavy atom. The van der Waals surface area contributed by atoms with Gasteiger partial charge < -0.3 is 4.74 Å². The lowest BCUT2D eigenvalue weighted by Gasteiger charge is -2.06. The molecule has 0 bridgehead atoms. The predicted molar refractivity (Wildman–Crippen MR) is 52.6 cm³/mol. The largest absolute Gasteiger partial charge is 0.496 e. The Morgan fingerprint density at radius 1 is 1.54 bits per heavy atom. The summed E-state index contributed by atoms with van der Waals surface area (Å²) in [5.41, 5.74) is 0.704. The Balaban J connectivity index is 3.01. The predicted octanol–water partition coefficient (Wildman–Crippen LogP) is 2.66. The number of hydrogen-bond donors (Lipinski definition) is 0. The maximum atomic E-state index is 10.7. The highest BCUT2D eigenvalue weighted by Gasteiger charge is 2.06. The number of halogens is 2. The molecule has 0 aliphatic rings. The highest BCUT2D eigenvalue weighted by atomic mass is 35.5. The van der Waals surface area contributed by atoms with Gasteiger partial charge in [-0.1, -0.05) is 11.6 Å². The zero-order valence-electron chi connectivity index (χ0n) is 7.01. The average molecular weight is 219 g/mol. The molecule has 0 aliphatic heterocycles. The lowest BCUT2D eigenvalue weighted by Crippen LogP contribution is -1.97. The molecular weight excluding hydrogens is 211 g/mol. The van der Waals surface area contributed by atoms with Gasteiger partial charge in [0.25, 0.3) is 0 Å². The van der Waals surface area contributed by atoms with Crippen LogP contribution in [0.15, 0.2) is 18.2 Å². The molecule has 0 aliphatic carbocycles. The molecular formula is C9H8Cl2O2. The summed E-state index contributed by atoms with van der Waals surface area (Å²) in [6.45, 7) is 0. The summed E-state index contributed by atoms with van der Waals surface area (Å²) < 4.78 is 5.03. The van der Waals surface area contributed by atoms with Crippen molar-refractivity contribution < 1.29 is 9.53 Å². The summed E-state index contributed by atoms with van der Waals surface area (Å²) in [7, 11) is 1.53. The van der Waals surface area contributed by atoms with E-state index in [2.05, 4.69) is 0 Å². The molecule has 0 fully saturated rings. The molecule has 0 saturated heterocycles. The van der Waals surface area contributed by atoms with Crippen LogP contribution in [-0.2, 0) is 11.2 Å². The molecule has 2 nitrogen and oxygen atoms in total. The highest BCUT2D eigenvalue weighted by Crippen LogP contribution is 2.23. The quantitative estimate of drug-likeness (QED) is 0.730. The van der Waals surface area contributed by atoms with E-state index in [4.69, 9.17) is 27.9 Å². The number of benzene rings is 1. The Hall–Kier alpha value is -0.730. The van der Waals surface area contributed by atoms with Gasteiger partial charge in [0.05, 0.1) is 13.5 Å². The second kappa shape index (κ2) is 4.49. The third-order valence-corrected chi connectivity index (χ3v) is 1.94. The molecule has 1 aromatic carbocycles. The Morgan fingerprint density at radius 2 is 2.23 bits per heavy atom. The van der Waals surface area contributed by atoms with E-state index in [9.17, 15) is 4.79 Å². The molecule has 1 aromatic rings. The molecule has 0 N–H and O–H groups in total. The van der Waals surface area contributed by atoms with Crippen molar-refractivity contribution in [1.82, 2.24) is 0 Å². The first-order valence-corrected chi connectivity index (χ1v) is 4.40. The maximum absolute atomic E-state index is 10.7. The fourth-order valence-corrected chi connectivity index (χ4v) is 1.37. The van der Waals surface area contributed by atoms with Crippen LogP contribution in [-0.4, -0.2) is 12.4 Å². The monoisotopic (exact) mass is 218 g/mol. The number of rotatable bonds is 3. The summed E-state index contributed by atoms with van der Waals surface area (Å²) >= 11 is 11.0. The van der Waals surface area contributed by atoms with Crippen LogP contribution in [0.1, 0.15) is 5.56 Å². The summed E-state index contributed by atoms with van der Waals surface area (Å²) in [6, 6.07) is 5.07. The number of hydrogen-bond acceptors (Lipinski definition) is 2. The fourth-order valence-electron chi connectivity index (χ4n) is 1.04. The summed E-state index contributed by atoms with van der Waals surface area (Å²) in [5, 5.41) is 0.134. The topological polar surface area (TPSA) is 26.3 Å². The first kappa shape index (κ1) is 10.4. The highest BCUT2D eigenvalue weighted by molar-refractivity contribution is 6.63. The van der Waals surface area contributed by atoms with Crippen LogP contribution < -0.4 is 4.74 Å². The minimum Gasteiger partial charge on any atom is -0.496 e. The second-order valence-corrected chi connectivity index (χ2v) is 3.35. The number of carbonyl (C=O) groups excluding carboxylic acids is 1. The van der Waals surface area contributed by atoms with E-state index in [1.807, 2.05) is 0 Å². The molecule has 0 amide bonds. The van der Waals surface area contributed by atoms with Gasteiger partial charge in [-0.05, 0) is 29.8 Å². The third kappa shape index (κ3) is 2.90. The molecule has 0 radical (unpaired) electrons. The minimum absolute atomic E-state index is 0.130. The zero-order valence-corrected chi connectivity index (χ0v) is 8.52. The number of methoxy groups -OCH3 is 1. The van der Waals surface area contributed by atoms with Crippen LogP contribution in [0.3, 0.4) is 0 Å². The van der Waals surface area contributed by atoms with Crippen molar-refractivity contribution in [3.05, 3.63) is 28.8 Å². The van der Waals surface area contributed by atoms with Crippen molar-refractivity contribution in [3.63, 3.8) is 0 Å². The Kier molecular flexibility index (Phi) is 3.58. The van der Waals surface area contributed by atoms with E-state index in [0.717, 1.165) is 0 Å². The van der Waals surface area contributed by atoms with Gasteiger partial charge in [0.2, 0.25) is 5.24 Å². The van der Waals surface area contributed by atoms with Gasteiger partial charge in [-0.15, -0.1) is 0 Å². The molecule has 4 heteroatoms. The van der Waals surface area contributed by atoms with Gasteiger partial charge in [0.15, 0.2) is 0 Å². The van der Waals surface area contributed by atoms with Crippen LogP contribution in [0.5, 0.6) is 5.75 Å². The smallest absolute Gasteiger partial charge is 0.226 e. The number of carbonyl (C=O) groups is 1. The molecule has 0 unspecified atom stereocenters. The van der Waals surface area contributed by atoms with Crippen LogP contribution >= 0.6 is 23.2 Å². The third-order valence-electron chi connectivity index (χ3n) is 1.57. The minimum atomic E-state index is -0.430. The van der Waals surface area contributed by atoms with Crippen LogP contribution in [0.25, 0.3) is 0 Å². The van der Waals surface area contributed by atoms with E-state index in [-0.39, 0.29) is 6.42 Å². The molecule has 0 heterocycles. The first-order chi connectivity index (χ1) is 6.13. The van der Waals surface area contributed by atoms with Gasteiger partial charge in [-0.2, -0.15) is 0 Å². The molecule has 1 rings (SSSR count). The van der Waals surface area contributed by atoms with Gasteiger partial charge in [-0.25, -0.2) is 0 Å². The van der Waals surface area contributed by atoms with Gasteiger partial charge in [-0.3, -0.25) is 4.79 Å². The second-order valence-electron chi connectivity index (χ2n) is 2.49. The molecule has 13 heavy (non-hydrogen) atoms. The van der Waals surface area contributed by atoms with Gasteiger partial charge in [0.1, 0.15) is 5.75 Å². The molecule has 0 saturated carbocycles. The lowest BCUT2D eigenvalue weighted by molar-refractivity contribution is -0.111. The van der Waals surface area contributed by atoms with E-state index >= 15 is 0 Å². The lowest BCUT2D eigenvalue weighted by atomic mass is 10.1. The molecule has 0 spiro atoms. The van der Waals surface area contributed by atoms with E-state index in [1.54, 1.807) is 18.2 Å². The maximum Gasteiger partial charge on any atom is 0.226 e. The van der Waals surface area contributed by atoms with Crippen LogP contribution in [0.4, 0.5) is 0 Å². The van der Waals surface area contributed by atoms with Crippen molar-refractivity contribution in [2.45, 2.75) is 6.42 Å². The Labute approximate surface area is 86.4 Å². The Bertz CT molecular complexity index is 323. The van der Waals surface area contributed by atoms with E-state index < -0.39 is 5.24 Å². The van der Waals surface area contributed by atoms with Crippen molar-refractivity contribution in [2.75, 3.05) is 7.11 Å².